The zero-order chi connectivity index (χ0) is 16.1. The molecule has 0 radical (unpaired) electrons. The second-order valence-corrected chi connectivity index (χ2v) is 6.38. The smallest absolute Gasteiger partial charge is 0.315 e. The molecular weight excluding hydrogens is 310 g/mol. The van der Waals surface area contributed by atoms with E-state index in [4.69, 9.17) is 0 Å². The minimum atomic E-state index is -0.130. The molecule has 2 amide bonds. The minimum Gasteiger partial charge on any atom is -0.338 e. The number of thiophene rings is 1. The molecule has 0 atom stereocenters. The number of urea groups is 1. The second-order valence-electron chi connectivity index (χ2n) is 5.34. The Bertz CT molecular complexity index is 781. The summed E-state index contributed by atoms with van der Waals surface area (Å²) in [6.45, 7) is 3.16. The first-order chi connectivity index (χ1) is 11.2. The lowest BCUT2D eigenvalue weighted by Crippen LogP contribution is -2.35. The maximum Gasteiger partial charge on any atom is 0.315 e. The van der Waals surface area contributed by atoms with Gasteiger partial charge in [-0.05, 0) is 36.8 Å². The third-order valence-corrected chi connectivity index (χ3v) is 4.30. The van der Waals surface area contributed by atoms with Crippen molar-refractivity contribution < 1.29 is 4.79 Å². The van der Waals surface area contributed by atoms with E-state index in [1.54, 1.807) is 15.9 Å². The van der Waals surface area contributed by atoms with Crippen LogP contribution in [0.2, 0.25) is 0 Å². The first kappa shape index (κ1) is 15.5. The van der Waals surface area contributed by atoms with E-state index in [1.165, 1.54) is 0 Å². The number of aromatic nitrogens is 3. The van der Waals surface area contributed by atoms with Crippen LogP contribution in [-0.2, 0) is 13.0 Å². The van der Waals surface area contributed by atoms with Crippen molar-refractivity contribution in [2.45, 2.75) is 26.3 Å². The first-order valence-corrected chi connectivity index (χ1v) is 8.44. The number of fused-ring (bicyclic) bond motifs is 1. The molecule has 120 valence electrons. The summed E-state index contributed by atoms with van der Waals surface area (Å²) in [5.74, 6) is 0. The highest BCUT2D eigenvalue weighted by Gasteiger charge is 2.03. The van der Waals surface area contributed by atoms with E-state index in [2.05, 4.69) is 20.7 Å². The van der Waals surface area contributed by atoms with Gasteiger partial charge in [0.05, 0.1) is 12.2 Å². The van der Waals surface area contributed by atoms with Crippen molar-refractivity contribution in [1.29, 1.82) is 0 Å². The third kappa shape index (κ3) is 4.29. The van der Waals surface area contributed by atoms with Gasteiger partial charge in [0.1, 0.15) is 0 Å². The van der Waals surface area contributed by atoms with Crippen molar-refractivity contribution in [3.8, 4) is 0 Å². The van der Waals surface area contributed by atoms with Crippen molar-refractivity contribution >= 4 is 23.0 Å². The van der Waals surface area contributed by atoms with Crippen molar-refractivity contribution in [3.63, 3.8) is 0 Å². The average molecular weight is 329 g/mol. The number of hydrogen-bond acceptors (Lipinski definition) is 4. The van der Waals surface area contributed by atoms with E-state index in [-0.39, 0.29) is 6.03 Å². The van der Waals surface area contributed by atoms with Gasteiger partial charge in [-0.3, -0.25) is 0 Å². The van der Waals surface area contributed by atoms with E-state index in [0.717, 1.165) is 34.6 Å². The molecule has 3 rings (SSSR count). The van der Waals surface area contributed by atoms with E-state index in [0.29, 0.717) is 13.1 Å². The Labute approximate surface area is 138 Å². The van der Waals surface area contributed by atoms with Gasteiger partial charge in [-0.25, -0.2) is 14.3 Å². The number of amides is 2. The summed E-state index contributed by atoms with van der Waals surface area (Å²) in [5, 5.41) is 12.1. The Hall–Kier alpha value is -2.41. The van der Waals surface area contributed by atoms with E-state index < -0.39 is 0 Å². The molecular formula is C16H19N5OS. The van der Waals surface area contributed by atoms with E-state index in [1.807, 2.05) is 42.9 Å². The molecule has 0 bridgehead atoms. The summed E-state index contributed by atoms with van der Waals surface area (Å²) in [6.07, 6.45) is 5.58. The summed E-state index contributed by atoms with van der Waals surface area (Å²) in [4.78, 5) is 17.2. The number of nitrogens with one attached hydrogen (secondary N) is 2. The van der Waals surface area contributed by atoms with Crippen LogP contribution in [0.25, 0.3) is 5.65 Å². The average Bonchev–Trinajstić information content (AvgIpc) is 3.17. The fourth-order valence-electron chi connectivity index (χ4n) is 2.30. The van der Waals surface area contributed by atoms with Gasteiger partial charge in [-0.1, -0.05) is 6.07 Å². The summed E-state index contributed by atoms with van der Waals surface area (Å²) >= 11 is 1.64. The zero-order valence-corrected chi connectivity index (χ0v) is 13.8. The van der Waals surface area contributed by atoms with Gasteiger partial charge in [0, 0.05) is 29.9 Å². The molecule has 7 heteroatoms. The van der Waals surface area contributed by atoms with Crippen molar-refractivity contribution in [2.24, 2.45) is 0 Å². The van der Waals surface area contributed by atoms with Crippen LogP contribution in [0, 0.1) is 6.92 Å². The predicted molar refractivity (Wildman–Crippen MR) is 90.6 cm³/mol. The highest BCUT2D eigenvalue weighted by Crippen LogP contribution is 2.07. The summed E-state index contributed by atoms with van der Waals surface area (Å²) < 4.78 is 1.80. The second kappa shape index (κ2) is 7.23. The molecule has 0 spiro atoms. The van der Waals surface area contributed by atoms with Crippen LogP contribution in [0.1, 0.15) is 22.6 Å². The van der Waals surface area contributed by atoms with E-state index >= 15 is 0 Å². The summed E-state index contributed by atoms with van der Waals surface area (Å²) in [7, 11) is 0. The van der Waals surface area contributed by atoms with Crippen LogP contribution < -0.4 is 10.6 Å². The number of carbonyl (C=O) groups is 1. The number of carbonyl (C=O) groups excluding carboxylic acids is 1. The minimum absolute atomic E-state index is 0.130. The van der Waals surface area contributed by atoms with Crippen LogP contribution >= 0.6 is 11.3 Å². The van der Waals surface area contributed by atoms with E-state index in [9.17, 15) is 4.79 Å². The molecule has 0 aromatic carbocycles. The molecule has 0 saturated carbocycles. The topological polar surface area (TPSA) is 71.3 Å². The molecule has 0 aliphatic rings. The van der Waals surface area contributed by atoms with Gasteiger partial charge in [-0.2, -0.15) is 5.10 Å². The largest absolute Gasteiger partial charge is 0.338 e. The van der Waals surface area contributed by atoms with Gasteiger partial charge < -0.3 is 10.6 Å². The molecule has 6 nitrogen and oxygen atoms in total. The molecule has 23 heavy (non-hydrogen) atoms. The van der Waals surface area contributed by atoms with Crippen LogP contribution in [0.3, 0.4) is 0 Å². The third-order valence-electron chi connectivity index (χ3n) is 3.42. The van der Waals surface area contributed by atoms with Gasteiger partial charge in [-0.15, -0.1) is 11.3 Å². The molecule has 0 unspecified atom stereocenters. The fourth-order valence-corrected chi connectivity index (χ4v) is 2.95. The van der Waals surface area contributed by atoms with Crippen LogP contribution in [0.4, 0.5) is 4.79 Å². The molecule has 2 N–H and O–H groups in total. The number of hydrogen-bond donors (Lipinski definition) is 2. The molecule has 0 fully saturated rings. The van der Waals surface area contributed by atoms with Crippen molar-refractivity contribution in [1.82, 2.24) is 25.2 Å². The number of aryl methyl sites for hydroxylation is 2. The Morgan fingerprint density at radius 3 is 3.13 bits per heavy atom. The quantitative estimate of drug-likeness (QED) is 0.683. The lowest BCUT2D eigenvalue weighted by atomic mass is 10.2. The molecule has 0 saturated heterocycles. The lowest BCUT2D eigenvalue weighted by molar-refractivity contribution is 0.240. The van der Waals surface area contributed by atoms with Gasteiger partial charge in [0.2, 0.25) is 0 Å². The number of nitrogens with zero attached hydrogens (tertiary/aromatic N) is 3. The van der Waals surface area contributed by atoms with Crippen LogP contribution in [-0.4, -0.2) is 27.2 Å². The molecule has 3 heterocycles. The maximum atomic E-state index is 11.7. The maximum absolute atomic E-state index is 11.7. The molecule has 0 aliphatic carbocycles. The zero-order valence-electron chi connectivity index (χ0n) is 13.0. The SMILES string of the molecule is Cc1cc2ncc(CCCNC(=O)NCc3cccs3)cn2n1. The van der Waals surface area contributed by atoms with Gasteiger partial charge in [0.25, 0.3) is 0 Å². The van der Waals surface area contributed by atoms with Gasteiger partial charge >= 0.3 is 6.03 Å². The van der Waals surface area contributed by atoms with Crippen molar-refractivity contribution in [2.75, 3.05) is 6.54 Å². The highest BCUT2D eigenvalue weighted by molar-refractivity contribution is 7.09. The van der Waals surface area contributed by atoms with Crippen LogP contribution in [0.15, 0.2) is 36.0 Å². The summed E-state index contributed by atoms with van der Waals surface area (Å²) in [5.41, 5.74) is 2.93. The first-order valence-electron chi connectivity index (χ1n) is 7.56. The molecule has 3 aromatic rings. The Kier molecular flexibility index (Phi) is 4.87. The predicted octanol–water partition coefficient (Wildman–Crippen LogP) is 2.53. The Balaban J connectivity index is 1.39. The highest BCUT2D eigenvalue weighted by atomic mass is 32.1. The molecule has 0 aliphatic heterocycles. The Morgan fingerprint density at radius 1 is 1.39 bits per heavy atom. The summed E-state index contributed by atoms with van der Waals surface area (Å²) in [6, 6.07) is 5.80. The normalized spacial score (nSPS) is 10.8. The monoisotopic (exact) mass is 329 g/mol. The Morgan fingerprint density at radius 2 is 2.30 bits per heavy atom. The fraction of sp³-hybridized carbons (Fsp3) is 0.312. The van der Waals surface area contributed by atoms with Gasteiger partial charge in [0.15, 0.2) is 5.65 Å². The van der Waals surface area contributed by atoms with Crippen LogP contribution in [0.5, 0.6) is 0 Å². The van der Waals surface area contributed by atoms with Crippen molar-refractivity contribution in [3.05, 3.63) is 52.1 Å². The standard InChI is InChI=1S/C16H19N5OS/c1-12-8-15-18-9-13(11-21(15)20-12)4-2-6-17-16(22)19-10-14-5-3-7-23-14/h3,5,7-9,11H,2,4,6,10H2,1H3,(H2,17,19,22). The lowest BCUT2D eigenvalue weighted by Gasteiger charge is -2.07. The molecule has 3 aromatic heterocycles. The number of rotatable bonds is 6.